The fraction of sp³-hybridized carbons (Fsp3) is 0.133. The number of halogens is 2. The average molecular weight is 400 g/mol. The molecule has 136 valence electrons. The number of hydrogen-bond acceptors (Lipinski definition) is 5. The zero-order valence-electron chi connectivity index (χ0n) is 13.1. The third-order valence-electron chi connectivity index (χ3n) is 3.63. The van der Waals surface area contributed by atoms with E-state index in [2.05, 4.69) is 4.98 Å². The molecule has 0 saturated carbocycles. The number of hydrogen-bond donors (Lipinski definition) is 2. The van der Waals surface area contributed by atoms with Gasteiger partial charge in [-0.25, -0.2) is 18.3 Å². The maximum Gasteiger partial charge on any atom is 0.434 e. The summed E-state index contributed by atoms with van der Waals surface area (Å²) in [4.78, 5) is 47.0. The van der Waals surface area contributed by atoms with Crippen LogP contribution >= 0.6 is 19.1 Å². The number of Topliss-reactive ketones (excluding diaryl/α,β-unsaturated/α-hetero) is 1. The monoisotopic (exact) mass is 400 g/mol. The van der Waals surface area contributed by atoms with Crippen molar-refractivity contribution in [2.45, 2.75) is 13.3 Å². The number of thiazole rings is 1. The van der Waals surface area contributed by atoms with Crippen LogP contribution in [0.5, 0.6) is 0 Å². The molecule has 3 rings (SSSR count). The van der Waals surface area contributed by atoms with Crippen LogP contribution in [0.1, 0.15) is 39.2 Å². The summed E-state index contributed by atoms with van der Waals surface area (Å²) in [5.41, 5.74) is -0.840. The highest BCUT2D eigenvalue weighted by Crippen LogP contribution is 2.43. The van der Waals surface area contributed by atoms with Crippen molar-refractivity contribution >= 4 is 41.6 Å². The van der Waals surface area contributed by atoms with Crippen LogP contribution in [-0.4, -0.2) is 30.7 Å². The Kier molecular flexibility index (Phi) is 4.61. The Morgan fingerprint density at radius 3 is 2.62 bits per heavy atom. The summed E-state index contributed by atoms with van der Waals surface area (Å²) in [6.45, 7) is 1.63. The molecular weight excluding hydrogens is 389 g/mol. The Bertz CT molecular complexity index is 1100. The zero-order chi connectivity index (χ0) is 19.2. The number of benzene rings is 1. The molecule has 2 N–H and O–H groups in total. The Balaban J connectivity index is 2.22. The Morgan fingerprint density at radius 1 is 1.31 bits per heavy atom. The van der Waals surface area contributed by atoms with Crippen molar-refractivity contribution in [1.82, 2.24) is 9.32 Å². The molecule has 0 atom stereocenters. The number of carbonyl (C=O) groups excluding carboxylic acids is 2. The van der Waals surface area contributed by atoms with Crippen molar-refractivity contribution < 1.29 is 32.7 Å². The van der Waals surface area contributed by atoms with Crippen LogP contribution in [0, 0.1) is 11.6 Å². The summed E-state index contributed by atoms with van der Waals surface area (Å²) in [7, 11) is -5.00. The van der Waals surface area contributed by atoms with E-state index in [0.717, 1.165) is 23.6 Å². The van der Waals surface area contributed by atoms with E-state index in [-0.39, 0.29) is 38.2 Å². The van der Waals surface area contributed by atoms with E-state index < -0.39 is 30.7 Å². The van der Waals surface area contributed by atoms with E-state index in [1.165, 1.54) is 5.38 Å². The topological polar surface area (TPSA) is 109 Å². The summed E-state index contributed by atoms with van der Waals surface area (Å²) in [6, 6.07) is 1.27. The van der Waals surface area contributed by atoms with Gasteiger partial charge in [0.05, 0.1) is 11.1 Å². The second kappa shape index (κ2) is 6.48. The van der Waals surface area contributed by atoms with Crippen LogP contribution in [0.25, 0.3) is 10.9 Å². The van der Waals surface area contributed by atoms with Gasteiger partial charge in [0.1, 0.15) is 11.5 Å². The molecule has 0 radical (unpaired) electrons. The summed E-state index contributed by atoms with van der Waals surface area (Å²) >= 11 is 0.858. The van der Waals surface area contributed by atoms with Gasteiger partial charge in [-0.2, -0.15) is 0 Å². The van der Waals surface area contributed by atoms with E-state index in [1.807, 2.05) is 0 Å². The predicted molar refractivity (Wildman–Crippen MR) is 89.5 cm³/mol. The molecule has 2 heterocycles. The second-order valence-corrected chi connectivity index (χ2v) is 7.64. The van der Waals surface area contributed by atoms with Crippen LogP contribution in [0.15, 0.2) is 23.7 Å². The Hall–Kier alpha value is -2.26. The minimum absolute atomic E-state index is 0.0805. The molecule has 0 fully saturated rings. The van der Waals surface area contributed by atoms with E-state index in [9.17, 15) is 32.7 Å². The van der Waals surface area contributed by atoms with Gasteiger partial charge in [0, 0.05) is 29.5 Å². The molecule has 7 nitrogen and oxygen atoms in total. The fourth-order valence-corrected chi connectivity index (χ4v) is 3.95. The Morgan fingerprint density at radius 2 is 2.00 bits per heavy atom. The van der Waals surface area contributed by atoms with Gasteiger partial charge in [0.25, 0.3) is 0 Å². The van der Waals surface area contributed by atoms with Crippen molar-refractivity contribution in [2.75, 3.05) is 0 Å². The van der Waals surface area contributed by atoms with Crippen molar-refractivity contribution in [3.63, 3.8) is 0 Å². The quantitative estimate of drug-likeness (QED) is 0.503. The second-order valence-electron chi connectivity index (χ2n) is 5.33. The van der Waals surface area contributed by atoms with E-state index >= 15 is 0 Å². The van der Waals surface area contributed by atoms with Gasteiger partial charge in [-0.05, 0) is 6.07 Å². The summed E-state index contributed by atoms with van der Waals surface area (Å²) < 4.78 is 39.6. The van der Waals surface area contributed by atoms with Crippen LogP contribution in [0.4, 0.5) is 8.78 Å². The SMILES string of the molecule is CCC(=O)c1csc(C(=O)c2cn(P(=O)(O)O)c3c(F)cc(F)cc23)n1. The lowest BCUT2D eigenvalue weighted by Gasteiger charge is -2.06. The van der Waals surface area contributed by atoms with E-state index in [1.54, 1.807) is 6.92 Å². The summed E-state index contributed by atoms with van der Waals surface area (Å²) in [5, 5.41) is 0.952. The summed E-state index contributed by atoms with van der Waals surface area (Å²) in [5.74, 6) is -3.31. The van der Waals surface area contributed by atoms with E-state index in [4.69, 9.17) is 0 Å². The molecular formula is C15H11F2N2O5PS. The number of ketones is 2. The molecule has 0 aliphatic rings. The molecule has 2 aromatic heterocycles. The highest BCUT2D eigenvalue weighted by atomic mass is 32.1. The maximum absolute atomic E-state index is 14.1. The minimum atomic E-state index is -5.00. The molecule has 3 aromatic rings. The van der Waals surface area contributed by atoms with Crippen LogP contribution < -0.4 is 0 Å². The molecule has 26 heavy (non-hydrogen) atoms. The highest BCUT2D eigenvalue weighted by Gasteiger charge is 2.28. The lowest BCUT2D eigenvalue weighted by atomic mass is 10.1. The highest BCUT2D eigenvalue weighted by molar-refractivity contribution is 7.50. The average Bonchev–Trinajstić information content (AvgIpc) is 3.17. The number of carbonyl (C=O) groups is 2. The zero-order valence-corrected chi connectivity index (χ0v) is 14.9. The van der Waals surface area contributed by atoms with Gasteiger partial charge in [0.2, 0.25) is 5.78 Å². The lowest BCUT2D eigenvalue weighted by molar-refractivity contribution is 0.0984. The number of fused-ring (bicyclic) bond motifs is 1. The normalized spacial score (nSPS) is 11.9. The van der Waals surface area contributed by atoms with Gasteiger partial charge >= 0.3 is 7.75 Å². The molecule has 0 unspecified atom stereocenters. The molecule has 0 amide bonds. The molecule has 0 aliphatic carbocycles. The number of aromatic nitrogens is 2. The van der Waals surface area contributed by atoms with Crippen molar-refractivity contribution in [1.29, 1.82) is 0 Å². The maximum atomic E-state index is 14.1. The molecule has 0 aliphatic heterocycles. The number of rotatable bonds is 5. The van der Waals surface area contributed by atoms with Crippen molar-refractivity contribution in [3.05, 3.63) is 51.6 Å². The lowest BCUT2D eigenvalue weighted by Crippen LogP contribution is -2.03. The first-order chi connectivity index (χ1) is 12.1. The van der Waals surface area contributed by atoms with Crippen LogP contribution in [0.2, 0.25) is 0 Å². The van der Waals surface area contributed by atoms with Gasteiger partial charge < -0.3 is 9.79 Å². The molecule has 0 bridgehead atoms. The third kappa shape index (κ3) is 3.12. The fourth-order valence-electron chi connectivity index (χ4n) is 2.45. The Labute approximate surface area is 149 Å². The smallest absolute Gasteiger partial charge is 0.308 e. The largest absolute Gasteiger partial charge is 0.434 e. The van der Waals surface area contributed by atoms with E-state index in [0.29, 0.717) is 6.07 Å². The van der Waals surface area contributed by atoms with Crippen LogP contribution in [0.3, 0.4) is 0 Å². The first kappa shape index (κ1) is 18.5. The predicted octanol–water partition coefficient (Wildman–Crippen LogP) is 3.14. The van der Waals surface area contributed by atoms with Gasteiger partial charge in [-0.15, -0.1) is 11.3 Å². The molecule has 11 heteroatoms. The van der Waals surface area contributed by atoms with Gasteiger partial charge in [0.15, 0.2) is 16.6 Å². The molecule has 0 spiro atoms. The third-order valence-corrected chi connectivity index (χ3v) is 5.35. The first-order valence-corrected chi connectivity index (χ1v) is 9.68. The molecule has 0 saturated heterocycles. The standard InChI is InChI=1S/C15H11F2N2O5PS/c1-2-12(20)11-6-26-15(18-11)14(21)9-5-19(25(22,23)24)13-8(9)3-7(16)4-10(13)17/h3-6H,2H2,1H3,(H2,22,23,24). The van der Waals surface area contributed by atoms with Gasteiger partial charge in [-0.1, -0.05) is 6.92 Å². The summed E-state index contributed by atoms with van der Waals surface area (Å²) in [6.07, 6.45) is 0.949. The van der Waals surface area contributed by atoms with Gasteiger partial charge in [-0.3, -0.25) is 13.9 Å². The minimum Gasteiger partial charge on any atom is -0.308 e. The van der Waals surface area contributed by atoms with Crippen molar-refractivity contribution in [2.24, 2.45) is 0 Å². The molecule has 1 aromatic carbocycles. The first-order valence-electron chi connectivity index (χ1n) is 7.23. The number of nitrogens with zero attached hydrogens (tertiary/aromatic N) is 2. The van der Waals surface area contributed by atoms with Crippen LogP contribution in [-0.2, 0) is 4.57 Å². The van der Waals surface area contributed by atoms with Crippen molar-refractivity contribution in [3.8, 4) is 0 Å².